The van der Waals surface area contributed by atoms with Gasteiger partial charge in [-0.1, -0.05) is 18.2 Å². The van der Waals surface area contributed by atoms with Crippen LogP contribution in [0.25, 0.3) is 0 Å². The maximum Gasteiger partial charge on any atom is 0.271 e. The molecule has 2 aromatic rings. The van der Waals surface area contributed by atoms with E-state index in [9.17, 15) is 4.79 Å². The highest BCUT2D eigenvalue weighted by Crippen LogP contribution is 2.17. The Morgan fingerprint density at radius 3 is 3.05 bits per heavy atom. The van der Waals surface area contributed by atoms with Gasteiger partial charge in [-0.25, -0.2) is 4.98 Å². The Morgan fingerprint density at radius 2 is 2.26 bits per heavy atom. The lowest BCUT2D eigenvalue weighted by molar-refractivity contribution is 0.0946. The van der Waals surface area contributed by atoms with E-state index in [1.807, 2.05) is 6.92 Å². The highest BCUT2D eigenvalue weighted by Gasteiger charge is 2.12. The van der Waals surface area contributed by atoms with Crippen molar-refractivity contribution >= 4 is 17.2 Å². The minimum Gasteiger partial charge on any atom is -0.347 e. The zero-order chi connectivity index (χ0) is 13.2. The highest BCUT2D eigenvalue weighted by molar-refractivity contribution is 7.09. The number of amides is 1. The van der Waals surface area contributed by atoms with Gasteiger partial charge in [-0.15, -0.1) is 11.3 Å². The average Bonchev–Trinajstić information content (AvgIpc) is 3.03. The normalized spacial score (nSPS) is 13.3. The molecule has 0 fully saturated rings. The second-order valence-electron chi connectivity index (χ2n) is 4.64. The third-order valence-corrected chi connectivity index (χ3v) is 3.98. The summed E-state index contributed by atoms with van der Waals surface area (Å²) in [6.45, 7) is 4.31. The second-order valence-corrected chi connectivity index (χ2v) is 5.70. The number of aromatic nitrogens is 1. The molecule has 98 valence electrons. The third-order valence-electron chi connectivity index (χ3n) is 3.21. The minimum atomic E-state index is -0.108. The molecule has 1 amide bonds. The van der Waals surface area contributed by atoms with Crippen LogP contribution in [0.2, 0.25) is 0 Å². The van der Waals surface area contributed by atoms with E-state index >= 15 is 0 Å². The van der Waals surface area contributed by atoms with E-state index in [0.717, 1.165) is 23.7 Å². The summed E-state index contributed by atoms with van der Waals surface area (Å²) >= 11 is 1.49. The Kier molecular flexibility index (Phi) is 3.31. The number of nitrogens with zero attached hydrogens (tertiary/aromatic N) is 1. The SMILES string of the molecule is Cc1nc(C(=O)NCc2ccc3c(c2)CNC3)cs1. The highest BCUT2D eigenvalue weighted by atomic mass is 32.1. The molecule has 3 rings (SSSR count). The second kappa shape index (κ2) is 5.11. The van der Waals surface area contributed by atoms with Crippen molar-refractivity contribution in [2.24, 2.45) is 0 Å². The van der Waals surface area contributed by atoms with Gasteiger partial charge in [0.05, 0.1) is 5.01 Å². The van der Waals surface area contributed by atoms with Gasteiger partial charge < -0.3 is 10.6 Å². The first kappa shape index (κ1) is 12.3. The van der Waals surface area contributed by atoms with Gasteiger partial charge in [-0.3, -0.25) is 4.79 Å². The molecule has 5 heteroatoms. The van der Waals surface area contributed by atoms with Crippen LogP contribution in [0, 0.1) is 6.92 Å². The van der Waals surface area contributed by atoms with E-state index in [-0.39, 0.29) is 5.91 Å². The molecule has 4 nitrogen and oxygen atoms in total. The Labute approximate surface area is 115 Å². The molecule has 0 saturated carbocycles. The minimum absolute atomic E-state index is 0.108. The summed E-state index contributed by atoms with van der Waals surface area (Å²) in [4.78, 5) is 16.1. The molecule has 1 aromatic heterocycles. The van der Waals surface area contributed by atoms with Crippen LogP contribution in [0.4, 0.5) is 0 Å². The fourth-order valence-electron chi connectivity index (χ4n) is 2.20. The maximum atomic E-state index is 11.9. The van der Waals surface area contributed by atoms with E-state index < -0.39 is 0 Å². The van der Waals surface area contributed by atoms with Crippen molar-refractivity contribution in [3.63, 3.8) is 0 Å². The van der Waals surface area contributed by atoms with Crippen molar-refractivity contribution in [2.75, 3.05) is 0 Å². The molecular weight excluding hydrogens is 258 g/mol. The van der Waals surface area contributed by atoms with Gasteiger partial charge in [0.2, 0.25) is 0 Å². The van der Waals surface area contributed by atoms with Crippen molar-refractivity contribution in [2.45, 2.75) is 26.6 Å². The standard InChI is InChI=1S/C14H15N3OS/c1-9-17-13(8-19-9)14(18)16-5-10-2-3-11-6-15-7-12(11)4-10/h2-4,8,15H,5-7H2,1H3,(H,16,18). The Morgan fingerprint density at radius 1 is 1.42 bits per heavy atom. The monoisotopic (exact) mass is 273 g/mol. The lowest BCUT2D eigenvalue weighted by Gasteiger charge is -2.05. The Hall–Kier alpha value is -1.72. The predicted octanol–water partition coefficient (Wildman–Crippen LogP) is 1.98. The molecule has 1 aliphatic rings. The number of nitrogens with one attached hydrogen (secondary N) is 2. The molecule has 1 aromatic carbocycles. The summed E-state index contributed by atoms with van der Waals surface area (Å²) in [6.07, 6.45) is 0. The van der Waals surface area contributed by atoms with Crippen LogP contribution in [0.1, 0.15) is 32.2 Å². The molecule has 0 radical (unpaired) electrons. The predicted molar refractivity (Wildman–Crippen MR) is 75.0 cm³/mol. The summed E-state index contributed by atoms with van der Waals surface area (Å²) in [5, 5.41) is 8.92. The fourth-order valence-corrected chi connectivity index (χ4v) is 2.79. The lowest BCUT2D eigenvalue weighted by atomic mass is 10.1. The maximum absolute atomic E-state index is 11.9. The van der Waals surface area contributed by atoms with Crippen molar-refractivity contribution in [3.05, 3.63) is 51.0 Å². The van der Waals surface area contributed by atoms with E-state index in [2.05, 4.69) is 33.8 Å². The number of rotatable bonds is 3. The van der Waals surface area contributed by atoms with Crippen molar-refractivity contribution in [3.8, 4) is 0 Å². The van der Waals surface area contributed by atoms with Crippen LogP contribution in [0.5, 0.6) is 0 Å². The molecule has 2 heterocycles. The summed E-state index contributed by atoms with van der Waals surface area (Å²) < 4.78 is 0. The molecule has 0 aliphatic carbocycles. The average molecular weight is 273 g/mol. The number of hydrogen-bond acceptors (Lipinski definition) is 4. The van der Waals surface area contributed by atoms with Crippen LogP contribution >= 0.6 is 11.3 Å². The van der Waals surface area contributed by atoms with Crippen LogP contribution in [-0.4, -0.2) is 10.9 Å². The first-order valence-electron chi connectivity index (χ1n) is 6.24. The largest absolute Gasteiger partial charge is 0.347 e. The number of benzene rings is 1. The van der Waals surface area contributed by atoms with Crippen LogP contribution in [0.3, 0.4) is 0 Å². The van der Waals surface area contributed by atoms with Crippen LogP contribution < -0.4 is 10.6 Å². The van der Waals surface area contributed by atoms with Gasteiger partial charge in [0.25, 0.3) is 5.91 Å². The van der Waals surface area contributed by atoms with Gasteiger partial charge in [0, 0.05) is 25.0 Å². The summed E-state index contributed by atoms with van der Waals surface area (Å²) in [7, 11) is 0. The quantitative estimate of drug-likeness (QED) is 0.899. The number of carbonyl (C=O) groups excluding carboxylic acids is 1. The zero-order valence-corrected chi connectivity index (χ0v) is 11.5. The van der Waals surface area contributed by atoms with Crippen molar-refractivity contribution < 1.29 is 4.79 Å². The molecule has 0 bridgehead atoms. The third kappa shape index (κ3) is 2.67. The smallest absolute Gasteiger partial charge is 0.271 e. The lowest BCUT2D eigenvalue weighted by Crippen LogP contribution is -2.23. The first-order valence-corrected chi connectivity index (χ1v) is 7.12. The van der Waals surface area contributed by atoms with Gasteiger partial charge in [0.15, 0.2) is 0 Å². The van der Waals surface area contributed by atoms with Gasteiger partial charge in [0.1, 0.15) is 5.69 Å². The van der Waals surface area contributed by atoms with Crippen molar-refractivity contribution in [1.29, 1.82) is 0 Å². The molecule has 0 atom stereocenters. The van der Waals surface area contributed by atoms with E-state index in [4.69, 9.17) is 0 Å². The molecule has 2 N–H and O–H groups in total. The van der Waals surface area contributed by atoms with Gasteiger partial charge >= 0.3 is 0 Å². The Bertz CT molecular complexity index is 621. The number of hydrogen-bond donors (Lipinski definition) is 2. The van der Waals surface area contributed by atoms with Crippen molar-refractivity contribution in [1.82, 2.24) is 15.6 Å². The fraction of sp³-hybridized carbons (Fsp3) is 0.286. The number of thiazole rings is 1. The molecule has 0 saturated heterocycles. The Balaban J connectivity index is 1.64. The molecular formula is C14H15N3OS. The molecule has 1 aliphatic heterocycles. The van der Waals surface area contributed by atoms with Crippen LogP contribution in [0.15, 0.2) is 23.6 Å². The number of aryl methyl sites for hydroxylation is 1. The van der Waals surface area contributed by atoms with Gasteiger partial charge in [-0.2, -0.15) is 0 Å². The van der Waals surface area contributed by atoms with Gasteiger partial charge in [-0.05, 0) is 23.6 Å². The summed E-state index contributed by atoms with van der Waals surface area (Å²) in [5.74, 6) is -0.108. The topological polar surface area (TPSA) is 54.0 Å². The number of fused-ring (bicyclic) bond motifs is 1. The molecule has 19 heavy (non-hydrogen) atoms. The first-order chi connectivity index (χ1) is 9.22. The molecule has 0 unspecified atom stereocenters. The molecule has 0 spiro atoms. The van der Waals surface area contributed by atoms with E-state index in [1.165, 1.54) is 22.5 Å². The van der Waals surface area contributed by atoms with E-state index in [1.54, 1.807) is 5.38 Å². The summed E-state index contributed by atoms with van der Waals surface area (Å²) in [5.41, 5.74) is 4.31. The van der Waals surface area contributed by atoms with Crippen LogP contribution in [-0.2, 0) is 19.6 Å². The summed E-state index contributed by atoms with van der Waals surface area (Å²) in [6, 6.07) is 6.35. The number of carbonyl (C=O) groups is 1. The zero-order valence-electron chi connectivity index (χ0n) is 10.7. The van der Waals surface area contributed by atoms with E-state index in [0.29, 0.717) is 12.2 Å².